The Morgan fingerprint density at radius 2 is 1.38 bits per heavy atom. The predicted octanol–water partition coefficient (Wildman–Crippen LogP) is 2.37. The van der Waals surface area contributed by atoms with E-state index in [-0.39, 0.29) is 5.57 Å². The van der Waals surface area contributed by atoms with Gasteiger partial charge in [-0.05, 0) is 48.0 Å². The smallest absolute Gasteiger partial charge is 0.335 e. The number of barbiturate groups is 1. The number of benzene rings is 2. The molecule has 132 valence electrons. The van der Waals surface area contributed by atoms with Crippen molar-refractivity contribution in [3.8, 4) is 11.5 Å². The molecule has 0 saturated carbocycles. The van der Waals surface area contributed by atoms with Crippen LogP contribution in [0.1, 0.15) is 5.56 Å². The van der Waals surface area contributed by atoms with Gasteiger partial charge in [-0.3, -0.25) is 14.9 Å². The van der Waals surface area contributed by atoms with Gasteiger partial charge in [0.1, 0.15) is 17.1 Å². The van der Waals surface area contributed by atoms with Gasteiger partial charge in [0, 0.05) is 0 Å². The van der Waals surface area contributed by atoms with E-state index in [0.29, 0.717) is 22.7 Å². The summed E-state index contributed by atoms with van der Waals surface area (Å²) in [5.41, 5.74) is 0.834. The molecule has 0 aliphatic carbocycles. The highest BCUT2D eigenvalue weighted by Gasteiger charge is 2.36. The first-order valence-corrected chi connectivity index (χ1v) is 7.73. The third-order valence-corrected chi connectivity index (χ3v) is 3.86. The van der Waals surface area contributed by atoms with E-state index in [1.807, 2.05) is 0 Å². The van der Waals surface area contributed by atoms with Gasteiger partial charge in [0.2, 0.25) is 0 Å². The van der Waals surface area contributed by atoms with Crippen molar-refractivity contribution in [2.75, 3.05) is 19.1 Å². The van der Waals surface area contributed by atoms with Crippen molar-refractivity contribution in [2.45, 2.75) is 0 Å². The van der Waals surface area contributed by atoms with Crippen LogP contribution in [-0.4, -0.2) is 32.1 Å². The van der Waals surface area contributed by atoms with Crippen LogP contribution in [0.25, 0.3) is 6.08 Å². The van der Waals surface area contributed by atoms with E-state index in [9.17, 15) is 14.4 Å². The monoisotopic (exact) mass is 352 g/mol. The summed E-state index contributed by atoms with van der Waals surface area (Å²) in [6, 6.07) is 12.4. The molecule has 26 heavy (non-hydrogen) atoms. The van der Waals surface area contributed by atoms with Gasteiger partial charge in [-0.1, -0.05) is 12.1 Å². The minimum Gasteiger partial charge on any atom is -0.497 e. The number of methoxy groups -OCH3 is 2. The first-order chi connectivity index (χ1) is 12.5. The summed E-state index contributed by atoms with van der Waals surface area (Å²) < 4.78 is 10.1. The number of imide groups is 2. The standard InChI is InChI=1S/C19H16N2O5/c1-25-14-7-3-12(4-8-14)11-16-17(22)20-19(24)21(18(16)23)13-5-9-15(26-2)10-6-13/h3-11H,1-2H3,(H,20,22,24)/b16-11+. The average Bonchev–Trinajstić information content (AvgIpc) is 2.66. The van der Waals surface area contributed by atoms with Crippen LogP contribution >= 0.6 is 0 Å². The van der Waals surface area contributed by atoms with Crippen molar-refractivity contribution in [3.05, 3.63) is 59.7 Å². The lowest BCUT2D eigenvalue weighted by Gasteiger charge is -2.26. The van der Waals surface area contributed by atoms with Crippen LogP contribution in [0.15, 0.2) is 54.1 Å². The van der Waals surface area contributed by atoms with Crippen molar-refractivity contribution in [3.63, 3.8) is 0 Å². The molecule has 7 heteroatoms. The molecule has 0 unspecified atom stereocenters. The van der Waals surface area contributed by atoms with Gasteiger partial charge in [-0.25, -0.2) is 9.69 Å². The largest absolute Gasteiger partial charge is 0.497 e. The first-order valence-electron chi connectivity index (χ1n) is 7.73. The lowest BCUT2D eigenvalue weighted by Crippen LogP contribution is -2.54. The van der Waals surface area contributed by atoms with Crippen LogP contribution < -0.4 is 19.7 Å². The zero-order valence-electron chi connectivity index (χ0n) is 14.2. The molecule has 4 amide bonds. The first kappa shape index (κ1) is 17.2. The Morgan fingerprint density at radius 3 is 1.92 bits per heavy atom. The Bertz CT molecular complexity index is 885. The van der Waals surface area contributed by atoms with E-state index in [4.69, 9.17) is 9.47 Å². The maximum Gasteiger partial charge on any atom is 0.335 e. The number of nitrogens with zero attached hydrogens (tertiary/aromatic N) is 1. The Kier molecular flexibility index (Phi) is 4.70. The molecule has 3 rings (SSSR count). The minimum atomic E-state index is -0.794. The van der Waals surface area contributed by atoms with Gasteiger partial charge in [-0.2, -0.15) is 0 Å². The number of rotatable bonds is 4. The minimum absolute atomic E-state index is 0.134. The molecule has 1 saturated heterocycles. The van der Waals surface area contributed by atoms with E-state index in [1.165, 1.54) is 13.2 Å². The normalized spacial score (nSPS) is 15.8. The molecule has 2 aromatic carbocycles. The average molecular weight is 352 g/mol. The zero-order valence-corrected chi connectivity index (χ0v) is 14.2. The zero-order chi connectivity index (χ0) is 18.7. The number of hydrogen-bond donors (Lipinski definition) is 1. The van der Waals surface area contributed by atoms with Gasteiger partial charge < -0.3 is 9.47 Å². The van der Waals surface area contributed by atoms with E-state index in [0.717, 1.165) is 4.90 Å². The predicted molar refractivity (Wildman–Crippen MR) is 95.0 cm³/mol. The molecule has 0 radical (unpaired) electrons. The van der Waals surface area contributed by atoms with Crippen molar-refractivity contribution >= 4 is 29.6 Å². The number of amides is 4. The molecule has 0 bridgehead atoms. The van der Waals surface area contributed by atoms with Gasteiger partial charge in [0.25, 0.3) is 11.8 Å². The lowest BCUT2D eigenvalue weighted by atomic mass is 10.1. The number of urea groups is 1. The summed E-state index contributed by atoms with van der Waals surface area (Å²) in [6.45, 7) is 0. The summed E-state index contributed by atoms with van der Waals surface area (Å²) in [6.07, 6.45) is 1.43. The fourth-order valence-electron chi connectivity index (χ4n) is 2.49. The second-order valence-corrected chi connectivity index (χ2v) is 5.43. The van der Waals surface area contributed by atoms with Crippen LogP contribution in [0.5, 0.6) is 11.5 Å². The quantitative estimate of drug-likeness (QED) is 0.674. The molecule has 7 nitrogen and oxygen atoms in total. The summed E-state index contributed by atoms with van der Waals surface area (Å²) in [7, 11) is 3.06. The number of hydrogen-bond acceptors (Lipinski definition) is 5. The summed E-state index contributed by atoms with van der Waals surface area (Å²) in [5, 5.41) is 2.18. The van der Waals surface area contributed by atoms with Crippen molar-refractivity contribution < 1.29 is 23.9 Å². The van der Waals surface area contributed by atoms with Crippen molar-refractivity contribution in [2.24, 2.45) is 0 Å². The number of ether oxygens (including phenoxy) is 2. The van der Waals surface area contributed by atoms with Crippen LogP contribution in [0.4, 0.5) is 10.5 Å². The van der Waals surface area contributed by atoms with E-state index >= 15 is 0 Å². The van der Waals surface area contributed by atoms with E-state index < -0.39 is 17.8 Å². The third-order valence-electron chi connectivity index (χ3n) is 3.86. The SMILES string of the molecule is COc1ccc(/C=C2\C(=O)NC(=O)N(c3ccc(OC)cc3)C2=O)cc1. The Balaban J connectivity index is 1.95. The molecule has 1 fully saturated rings. The molecule has 1 N–H and O–H groups in total. The Morgan fingerprint density at radius 1 is 0.846 bits per heavy atom. The number of carbonyl (C=O) groups is 3. The van der Waals surface area contributed by atoms with Crippen LogP contribution in [-0.2, 0) is 9.59 Å². The van der Waals surface area contributed by atoms with E-state index in [1.54, 1.807) is 55.6 Å². The van der Waals surface area contributed by atoms with Crippen molar-refractivity contribution in [1.29, 1.82) is 0 Å². The number of anilines is 1. The highest BCUT2D eigenvalue weighted by molar-refractivity contribution is 6.39. The summed E-state index contributed by atoms with van der Waals surface area (Å²) in [4.78, 5) is 37.9. The fraction of sp³-hybridized carbons (Fsp3) is 0.105. The fourth-order valence-corrected chi connectivity index (χ4v) is 2.49. The summed E-state index contributed by atoms with van der Waals surface area (Å²) in [5.74, 6) is -0.189. The maximum atomic E-state index is 12.7. The molecular formula is C19H16N2O5. The molecule has 0 spiro atoms. The highest BCUT2D eigenvalue weighted by atomic mass is 16.5. The van der Waals surface area contributed by atoms with Gasteiger partial charge in [0.05, 0.1) is 19.9 Å². The second-order valence-electron chi connectivity index (χ2n) is 5.43. The second kappa shape index (κ2) is 7.10. The Labute approximate surface area is 149 Å². The van der Waals surface area contributed by atoms with Crippen LogP contribution in [0.3, 0.4) is 0 Å². The molecule has 0 aromatic heterocycles. The van der Waals surface area contributed by atoms with Gasteiger partial charge in [-0.15, -0.1) is 0 Å². The van der Waals surface area contributed by atoms with E-state index in [2.05, 4.69) is 5.32 Å². The molecule has 1 aliphatic rings. The molecule has 1 heterocycles. The maximum absolute atomic E-state index is 12.7. The molecule has 2 aromatic rings. The third kappa shape index (κ3) is 3.27. The molecule has 1 aliphatic heterocycles. The Hall–Kier alpha value is -3.61. The number of carbonyl (C=O) groups excluding carboxylic acids is 3. The molecular weight excluding hydrogens is 336 g/mol. The molecule has 0 atom stereocenters. The number of nitrogens with one attached hydrogen (secondary N) is 1. The lowest BCUT2D eigenvalue weighted by molar-refractivity contribution is -0.122. The topological polar surface area (TPSA) is 84.9 Å². The van der Waals surface area contributed by atoms with Gasteiger partial charge >= 0.3 is 6.03 Å². The summed E-state index contributed by atoms with van der Waals surface area (Å²) >= 11 is 0. The van der Waals surface area contributed by atoms with Crippen LogP contribution in [0.2, 0.25) is 0 Å². The van der Waals surface area contributed by atoms with Crippen molar-refractivity contribution in [1.82, 2.24) is 5.32 Å². The highest BCUT2D eigenvalue weighted by Crippen LogP contribution is 2.24. The van der Waals surface area contributed by atoms with Crippen LogP contribution in [0, 0.1) is 0 Å². The van der Waals surface area contributed by atoms with Gasteiger partial charge in [0.15, 0.2) is 0 Å².